The minimum absolute atomic E-state index is 0.167. The summed E-state index contributed by atoms with van der Waals surface area (Å²) in [5.41, 5.74) is 4.49. The maximum absolute atomic E-state index is 12.5. The van der Waals surface area contributed by atoms with Crippen molar-refractivity contribution >= 4 is 29.2 Å². The number of hydrogen-bond donors (Lipinski definition) is 3. The molecule has 5 nitrogen and oxygen atoms in total. The minimum atomic E-state index is -0.232. The van der Waals surface area contributed by atoms with Crippen molar-refractivity contribution in [3.63, 3.8) is 0 Å². The molecule has 0 aliphatic rings. The molecule has 0 aliphatic heterocycles. The van der Waals surface area contributed by atoms with Crippen LogP contribution in [-0.4, -0.2) is 18.4 Å². The normalized spacial score (nSPS) is 11.7. The van der Waals surface area contributed by atoms with Gasteiger partial charge in [0, 0.05) is 41.8 Å². The smallest absolute Gasteiger partial charge is 0.248 e. The molecular weight excluding hydrogens is 434 g/mol. The summed E-state index contributed by atoms with van der Waals surface area (Å²) in [6, 6.07) is 17.1. The average Bonchev–Trinajstić information content (AvgIpc) is 2.86. The first-order valence-electron chi connectivity index (χ1n) is 11.5. The molecule has 0 atom stereocenters. The third-order valence-corrected chi connectivity index (χ3v) is 4.82. The Bertz CT molecular complexity index is 1160. The molecule has 5 heteroatoms. The van der Waals surface area contributed by atoms with Crippen LogP contribution in [0.5, 0.6) is 0 Å². The number of allylic oxidation sites excluding steroid dienone is 4. The van der Waals surface area contributed by atoms with Crippen LogP contribution in [-0.2, 0) is 9.59 Å². The van der Waals surface area contributed by atoms with Crippen LogP contribution in [0.3, 0.4) is 0 Å². The van der Waals surface area contributed by atoms with Crippen LogP contribution in [0.1, 0.15) is 31.4 Å². The lowest BCUT2D eigenvalue weighted by atomic mass is 10.0. The van der Waals surface area contributed by atoms with Crippen molar-refractivity contribution in [3.05, 3.63) is 127 Å². The maximum atomic E-state index is 12.5. The lowest BCUT2D eigenvalue weighted by molar-refractivity contribution is -0.116. The molecule has 3 N–H and O–H groups in total. The van der Waals surface area contributed by atoms with E-state index < -0.39 is 0 Å². The lowest BCUT2D eigenvalue weighted by Gasteiger charge is -2.12. The summed E-state index contributed by atoms with van der Waals surface area (Å²) in [5, 5.41) is 8.74. The third-order valence-electron chi connectivity index (χ3n) is 4.82. The molecule has 0 saturated heterocycles. The largest absolute Gasteiger partial charge is 0.361 e. The molecule has 0 saturated carbocycles. The number of para-hydroxylation sites is 1. The first-order chi connectivity index (χ1) is 16.9. The van der Waals surface area contributed by atoms with Gasteiger partial charge in [0.2, 0.25) is 11.8 Å². The Morgan fingerprint density at radius 2 is 1.63 bits per heavy atom. The summed E-state index contributed by atoms with van der Waals surface area (Å²) >= 11 is 0. The molecule has 2 aromatic carbocycles. The molecule has 180 valence electrons. The molecular formula is C30H33N3O2. The highest BCUT2D eigenvalue weighted by atomic mass is 16.2. The molecule has 0 aliphatic carbocycles. The summed E-state index contributed by atoms with van der Waals surface area (Å²) < 4.78 is 0. The van der Waals surface area contributed by atoms with Gasteiger partial charge in [-0.2, -0.15) is 0 Å². The number of carbonyl (C=O) groups is 2. The molecule has 0 spiro atoms. The van der Waals surface area contributed by atoms with E-state index in [0.29, 0.717) is 23.5 Å². The number of anilines is 1. The zero-order valence-corrected chi connectivity index (χ0v) is 20.4. The van der Waals surface area contributed by atoms with Gasteiger partial charge in [-0.05, 0) is 48.3 Å². The van der Waals surface area contributed by atoms with Gasteiger partial charge in [-0.25, -0.2) is 0 Å². The molecule has 0 bridgehead atoms. The molecule has 0 fully saturated rings. The van der Waals surface area contributed by atoms with E-state index in [-0.39, 0.29) is 11.8 Å². The van der Waals surface area contributed by atoms with Crippen molar-refractivity contribution in [2.24, 2.45) is 0 Å². The summed E-state index contributed by atoms with van der Waals surface area (Å²) in [4.78, 5) is 24.3. The lowest BCUT2D eigenvalue weighted by Crippen LogP contribution is -2.22. The van der Waals surface area contributed by atoms with Gasteiger partial charge in [-0.1, -0.05) is 80.8 Å². The van der Waals surface area contributed by atoms with E-state index in [1.165, 1.54) is 12.2 Å². The molecule has 35 heavy (non-hydrogen) atoms. The van der Waals surface area contributed by atoms with Crippen molar-refractivity contribution in [2.75, 3.05) is 11.9 Å². The second-order valence-electron chi connectivity index (χ2n) is 7.65. The van der Waals surface area contributed by atoms with E-state index in [9.17, 15) is 9.59 Å². The predicted octanol–water partition coefficient (Wildman–Crippen LogP) is 6.00. The van der Waals surface area contributed by atoms with E-state index in [2.05, 4.69) is 29.1 Å². The zero-order chi connectivity index (χ0) is 25.5. The Morgan fingerprint density at radius 3 is 2.34 bits per heavy atom. The average molecular weight is 468 g/mol. The Labute approximate surface area is 208 Å². The zero-order valence-electron chi connectivity index (χ0n) is 20.4. The Morgan fingerprint density at radius 1 is 0.914 bits per heavy atom. The number of benzene rings is 2. The van der Waals surface area contributed by atoms with E-state index in [0.717, 1.165) is 23.1 Å². The van der Waals surface area contributed by atoms with Gasteiger partial charge in [-0.15, -0.1) is 0 Å². The Balaban J connectivity index is 2.14. The van der Waals surface area contributed by atoms with E-state index >= 15 is 0 Å². The second kappa shape index (κ2) is 14.7. The summed E-state index contributed by atoms with van der Waals surface area (Å²) in [5.74, 6) is -0.400. The fraction of sp³-hybridized carbons (Fsp3) is 0.133. The highest BCUT2D eigenvalue weighted by Gasteiger charge is 2.08. The van der Waals surface area contributed by atoms with Gasteiger partial charge in [0.15, 0.2) is 0 Å². The van der Waals surface area contributed by atoms with Gasteiger partial charge >= 0.3 is 0 Å². The molecule has 0 aromatic heterocycles. The molecule has 2 amide bonds. The van der Waals surface area contributed by atoms with Crippen molar-refractivity contribution in [2.45, 2.75) is 20.3 Å². The SMILES string of the molecule is C=C(N/C=C/C(=O)NCCC)C(/C=C\C)=C/C(=C)c1ccccc1NC(=O)C=Cc1ccccc1. The maximum Gasteiger partial charge on any atom is 0.248 e. The highest BCUT2D eigenvalue weighted by molar-refractivity contribution is 6.03. The van der Waals surface area contributed by atoms with Crippen LogP contribution in [0.25, 0.3) is 11.6 Å². The number of hydrogen-bond acceptors (Lipinski definition) is 3. The first kappa shape index (κ1) is 26.9. The predicted molar refractivity (Wildman–Crippen MR) is 147 cm³/mol. The van der Waals surface area contributed by atoms with Gasteiger partial charge in [0.1, 0.15) is 0 Å². The van der Waals surface area contributed by atoms with Gasteiger partial charge < -0.3 is 16.0 Å². The highest BCUT2D eigenvalue weighted by Crippen LogP contribution is 2.26. The number of carbonyl (C=O) groups excluding carboxylic acids is 2. The molecule has 2 aromatic rings. The van der Waals surface area contributed by atoms with Crippen molar-refractivity contribution < 1.29 is 9.59 Å². The quantitative estimate of drug-likeness (QED) is 0.265. The summed E-state index contributed by atoms with van der Waals surface area (Å²) in [7, 11) is 0. The van der Waals surface area contributed by atoms with Crippen molar-refractivity contribution in [1.82, 2.24) is 10.6 Å². The molecule has 2 rings (SSSR count). The topological polar surface area (TPSA) is 70.2 Å². The fourth-order valence-corrected chi connectivity index (χ4v) is 3.07. The van der Waals surface area contributed by atoms with Crippen molar-refractivity contribution in [1.29, 1.82) is 0 Å². The van der Waals surface area contributed by atoms with Gasteiger partial charge in [-0.3, -0.25) is 9.59 Å². The molecule has 0 unspecified atom stereocenters. The van der Waals surface area contributed by atoms with Crippen LogP contribution in [0.15, 0.2) is 116 Å². The van der Waals surface area contributed by atoms with Crippen LogP contribution in [0.2, 0.25) is 0 Å². The summed E-state index contributed by atoms with van der Waals surface area (Å²) in [6.45, 7) is 12.8. The van der Waals surface area contributed by atoms with E-state index in [4.69, 9.17) is 0 Å². The van der Waals surface area contributed by atoms with Gasteiger partial charge in [0.05, 0.1) is 0 Å². The standard InChI is InChI=1S/C30H33N3O2/c1-5-12-26(24(4)31-21-19-29(34)32-20-6-2)22-23(3)27-15-10-11-16-28(27)33-30(35)18-17-25-13-8-7-9-14-25/h5,7-19,21-22,31H,3-4,6,20H2,1-2H3,(H,32,34)(H,33,35)/b12-5-,18-17?,21-19+,26-22+. The molecule has 0 radical (unpaired) electrons. The number of amides is 2. The van der Waals surface area contributed by atoms with E-state index in [1.54, 1.807) is 12.3 Å². The first-order valence-corrected chi connectivity index (χ1v) is 11.5. The Kier molecular flexibility index (Phi) is 11.3. The van der Waals surface area contributed by atoms with Crippen LogP contribution in [0, 0.1) is 0 Å². The fourth-order valence-electron chi connectivity index (χ4n) is 3.07. The number of rotatable bonds is 12. The van der Waals surface area contributed by atoms with Crippen LogP contribution in [0.4, 0.5) is 5.69 Å². The van der Waals surface area contributed by atoms with E-state index in [1.807, 2.05) is 86.7 Å². The van der Waals surface area contributed by atoms with Gasteiger partial charge in [0.25, 0.3) is 0 Å². The van der Waals surface area contributed by atoms with Crippen LogP contribution < -0.4 is 16.0 Å². The second-order valence-corrected chi connectivity index (χ2v) is 7.65. The number of nitrogens with one attached hydrogen (secondary N) is 3. The molecule has 0 heterocycles. The van der Waals surface area contributed by atoms with Crippen LogP contribution >= 0.6 is 0 Å². The van der Waals surface area contributed by atoms with Crippen molar-refractivity contribution in [3.8, 4) is 0 Å². The summed E-state index contributed by atoms with van der Waals surface area (Å²) in [6.07, 6.45) is 12.8. The Hall–Kier alpha value is -4.38. The third kappa shape index (κ3) is 9.56. The monoisotopic (exact) mass is 467 g/mol. The minimum Gasteiger partial charge on any atom is -0.361 e.